The van der Waals surface area contributed by atoms with E-state index in [1.807, 2.05) is 18.2 Å². The van der Waals surface area contributed by atoms with E-state index in [0.29, 0.717) is 0 Å². The number of halogens is 1. The Bertz CT molecular complexity index is 282. The molecular weight excluding hydrogens is 212 g/mol. The molecule has 0 amide bonds. The number of hydrogen-bond donors (Lipinski definition) is 0. The van der Waals surface area contributed by atoms with E-state index >= 15 is 0 Å². The van der Waals surface area contributed by atoms with Gasteiger partial charge in [0.25, 0.3) is 0 Å². The van der Waals surface area contributed by atoms with Crippen molar-refractivity contribution < 1.29 is 0 Å². The lowest BCUT2D eigenvalue weighted by molar-refractivity contribution is 1.41. The molecule has 1 aromatic carbocycles. The molecule has 0 aliphatic carbocycles. The van der Waals surface area contributed by atoms with Crippen LogP contribution in [0.15, 0.2) is 48.0 Å². The molecule has 0 aliphatic heterocycles. The van der Waals surface area contributed by atoms with Gasteiger partial charge >= 0.3 is 0 Å². The molecule has 0 aliphatic rings. The summed E-state index contributed by atoms with van der Waals surface area (Å²) in [7, 11) is 0. The predicted octanol–water partition coefficient (Wildman–Crippen LogP) is 4.04. The van der Waals surface area contributed by atoms with Gasteiger partial charge in [0.05, 0.1) is 0 Å². The first-order valence-electron chi connectivity index (χ1n) is 3.78. The fourth-order valence-electron chi connectivity index (χ4n) is 0.978. The Morgan fingerprint density at radius 1 is 1.33 bits per heavy atom. The lowest BCUT2D eigenvalue weighted by Gasteiger charge is -2.01. The zero-order chi connectivity index (χ0) is 8.97. The van der Waals surface area contributed by atoms with Crippen molar-refractivity contribution in [3.63, 3.8) is 0 Å². The number of benzene rings is 1. The normalized spacial score (nSPS) is 9.42. The fourth-order valence-corrected chi connectivity index (χ4v) is 1.24. The van der Waals surface area contributed by atoms with Crippen LogP contribution >= 0.6 is 15.9 Å². The quantitative estimate of drug-likeness (QED) is 0.678. The predicted molar refractivity (Wildman–Crippen MR) is 58.0 cm³/mol. The highest BCUT2D eigenvalue weighted by Crippen LogP contribution is 2.18. The van der Waals surface area contributed by atoms with Gasteiger partial charge in [-0.1, -0.05) is 40.7 Å². The lowest BCUT2D eigenvalue weighted by atomic mass is 10.1. The van der Waals surface area contributed by atoms with Gasteiger partial charge in [-0.15, -0.1) is 6.58 Å². The summed E-state index contributed by atoms with van der Waals surface area (Å²) in [5.41, 5.74) is 2.29. The van der Waals surface area contributed by atoms with Crippen molar-refractivity contribution in [3.05, 3.63) is 53.5 Å². The maximum Gasteiger partial charge on any atom is 0.0175 e. The van der Waals surface area contributed by atoms with Crippen LogP contribution in [0, 0.1) is 0 Å². The lowest BCUT2D eigenvalue weighted by Crippen LogP contribution is -1.79. The molecule has 0 N–H and O–H groups in total. The summed E-state index contributed by atoms with van der Waals surface area (Å²) in [6.07, 6.45) is 2.71. The first-order chi connectivity index (χ1) is 5.74. The largest absolute Gasteiger partial charge is 0.103 e. The zero-order valence-electron chi connectivity index (χ0n) is 6.89. The molecule has 0 aromatic heterocycles. The summed E-state index contributed by atoms with van der Waals surface area (Å²) in [6.45, 7) is 7.63. The van der Waals surface area contributed by atoms with E-state index in [-0.39, 0.29) is 0 Å². The summed E-state index contributed by atoms with van der Waals surface area (Å²) in [5.74, 6) is 0. The van der Waals surface area contributed by atoms with Gasteiger partial charge in [0.2, 0.25) is 0 Å². The maximum absolute atomic E-state index is 3.96. The minimum Gasteiger partial charge on any atom is -0.103 e. The van der Waals surface area contributed by atoms with E-state index in [1.54, 1.807) is 0 Å². The molecule has 0 saturated carbocycles. The summed E-state index contributed by atoms with van der Waals surface area (Å²) in [4.78, 5) is 0. The molecule has 1 aromatic rings. The van der Waals surface area contributed by atoms with E-state index in [4.69, 9.17) is 0 Å². The average Bonchev–Trinajstić information content (AvgIpc) is 2.06. The van der Waals surface area contributed by atoms with Gasteiger partial charge in [0, 0.05) is 4.47 Å². The van der Waals surface area contributed by atoms with Gasteiger partial charge in [-0.3, -0.25) is 0 Å². The molecule has 0 atom stereocenters. The molecule has 0 radical (unpaired) electrons. The Balaban J connectivity index is 2.82. The van der Waals surface area contributed by atoms with E-state index in [0.717, 1.165) is 16.5 Å². The standard InChI is InChI=1S/C11H11Br/c1-3-4-9(2)10-5-7-11(12)8-6-10/h3,5-8H,1-2,4H2. The van der Waals surface area contributed by atoms with Crippen LogP contribution in [-0.2, 0) is 0 Å². The summed E-state index contributed by atoms with van der Waals surface area (Å²) < 4.78 is 1.10. The second kappa shape index (κ2) is 4.27. The van der Waals surface area contributed by atoms with Crippen molar-refractivity contribution in [2.75, 3.05) is 0 Å². The Hall–Kier alpha value is -0.820. The summed E-state index contributed by atoms with van der Waals surface area (Å²) >= 11 is 3.38. The van der Waals surface area contributed by atoms with Gasteiger partial charge in [-0.05, 0) is 29.7 Å². The van der Waals surface area contributed by atoms with Crippen molar-refractivity contribution >= 4 is 21.5 Å². The molecule has 62 valence electrons. The highest BCUT2D eigenvalue weighted by Gasteiger charge is 1.95. The van der Waals surface area contributed by atoms with Crippen molar-refractivity contribution in [1.82, 2.24) is 0 Å². The minimum absolute atomic E-state index is 0.849. The van der Waals surface area contributed by atoms with Gasteiger partial charge in [-0.25, -0.2) is 0 Å². The van der Waals surface area contributed by atoms with Crippen molar-refractivity contribution in [2.45, 2.75) is 6.42 Å². The average molecular weight is 223 g/mol. The third-order valence-corrected chi connectivity index (χ3v) is 2.17. The Morgan fingerprint density at radius 2 is 1.92 bits per heavy atom. The van der Waals surface area contributed by atoms with Crippen LogP contribution in [0.3, 0.4) is 0 Å². The van der Waals surface area contributed by atoms with Crippen LogP contribution in [-0.4, -0.2) is 0 Å². The Labute approximate surface area is 81.7 Å². The molecule has 0 bridgehead atoms. The van der Waals surface area contributed by atoms with Crippen molar-refractivity contribution in [3.8, 4) is 0 Å². The molecule has 0 nitrogen and oxygen atoms in total. The molecule has 12 heavy (non-hydrogen) atoms. The van der Waals surface area contributed by atoms with Crippen LogP contribution in [0.25, 0.3) is 5.57 Å². The molecule has 1 heteroatoms. The highest BCUT2D eigenvalue weighted by molar-refractivity contribution is 9.10. The van der Waals surface area contributed by atoms with Crippen molar-refractivity contribution in [2.24, 2.45) is 0 Å². The van der Waals surface area contributed by atoms with Gasteiger partial charge in [0.1, 0.15) is 0 Å². The smallest absolute Gasteiger partial charge is 0.0175 e. The van der Waals surface area contributed by atoms with Crippen LogP contribution in [0.1, 0.15) is 12.0 Å². The van der Waals surface area contributed by atoms with E-state index in [9.17, 15) is 0 Å². The molecule has 1 rings (SSSR count). The monoisotopic (exact) mass is 222 g/mol. The van der Waals surface area contributed by atoms with Gasteiger partial charge in [0.15, 0.2) is 0 Å². The molecule has 0 saturated heterocycles. The van der Waals surface area contributed by atoms with Crippen LogP contribution in [0.2, 0.25) is 0 Å². The third-order valence-electron chi connectivity index (χ3n) is 1.64. The first kappa shape index (κ1) is 9.27. The Kier molecular flexibility index (Phi) is 3.30. The molecule has 0 unspecified atom stereocenters. The second-order valence-electron chi connectivity index (χ2n) is 2.60. The molecular formula is C11H11Br. The fraction of sp³-hybridized carbons (Fsp3) is 0.0909. The number of hydrogen-bond acceptors (Lipinski definition) is 0. The van der Waals surface area contributed by atoms with Gasteiger partial charge < -0.3 is 0 Å². The second-order valence-corrected chi connectivity index (χ2v) is 3.52. The Morgan fingerprint density at radius 3 is 2.42 bits per heavy atom. The van der Waals surface area contributed by atoms with Crippen LogP contribution in [0.4, 0.5) is 0 Å². The minimum atomic E-state index is 0.849. The van der Waals surface area contributed by atoms with E-state index < -0.39 is 0 Å². The number of rotatable bonds is 3. The molecule has 0 fully saturated rings. The highest BCUT2D eigenvalue weighted by atomic mass is 79.9. The van der Waals surface area contributed by atoms with Crippen LogP contribution < -0.4 is 0 Å². The molecule has 0 heterocycles. The van der Waals surface area contributed by atoms with E-state index in [2.05, 4.69) is 41.2 Å². The maximum atomic E-state index is 3.96. The topological polar surface area (TPSA) is 0 Å². The third kappa shape index (κ3) is 2.35. The zero-order valence-corrected chi connectivity index (χ0v) is 8.47. The SMILES string of the molecule is C=CCC(=C)c1ccc(Br)cc1. The summed E-state index contributed by atoms with van der Waals surface area (Å²) in [6, 6.07) is 8.14. The van der Waals surface area contributed by atoms with Crippen molar-refractivity contribution in [1.29, 1.82) is 0 Å². The first-order valence-corrected chi connectivity index (χ1v) is 4.58. The number of allylic oxidation sites excluding steroid dienone is 2. The van der Waals surface area contributed by atoms with Gasteiger partial charge in [-0.2, -0.15) is 0 Å². The molecule has 0 spiro atoms. The van der Waals surface area contributed by atoms with E-state index in [1.165, 1.54) is 5.56 Å². The summed E-state index contributed by atoms with van der Waals surface area (Å²) in [5, 5.41) is 0. The van der Waals surface area contributed by atoms with Crippen LogP contribution in [0.5, 0.6) is 0 Å².